The van der Waals surface area contributed by atoms with Gasteiger partial charge in [0.2, 0.25) is 0 Å². The molecule has 0 radical (unpaired) electrons. The Kier molecular flexibility index (Phi) is 17.6. The zero-order chi connectivity index (χ0) is 7.86. The van der Waals surface area contributed by atoms with E-state index in [4.69, 9.17) is 24.8 Å². The third kappa shape index (κ3) is 227. The summed E-state index contributed by atoms with van der Waals surface area (Å²) >= 11 is 0. The fraction of sp³-hybridized carbons (Fsp3) is 0.333. The Hall–Kier alpha value is -0.928. The summed E-state index contributed by atoms with van der Waals surface area (Å²) in [5, 5.41) is 16.2. The third-order valence-electron chi connectivity index (χ3n) is 0.0861. The van der Waals surface area contributed by atoms with Crippen molar-refractivity contribution in [3.63, 3.8) is 0 Å². The molecule has 0 spiro atoms. The molecule has 0 aromatic carbocycles. The minimum absolute atomic E-state index is 0. The van der Waals surface area contributed by atoms with E-state index in [1.54, 1.807) is 0 Å². The summed E-state index contributed by atoms with van der Waals surface area (Å²) in [7, 11) is 0. The number of rotatable bonds is 1. The predicted octanol–water partition coefficient (Wildman–Crippen LogP) is -1.67. The van der Waals surface area contributed by atoms with Crippen molar-refractivity contribution in [3.05, 3.63) is 10.1 Å². The second-order valence-electron chi connectivity index (χ2n) is 0.910. The van der Waals surface area contributed by atoms with Crippen molar-refractivity contribution in [2.24, 2.45) is 0 Å². The molecule has 0 rings (SSSR count). The van der Waals surface area contributed by atoms with Crippen molar-refractivity contribution in [2.45, 2.75) is 6.92 Å². The van der Waals surface area contributed by atoms with Gasteiger partial charge in [0.15, 0.2) is 17.4 Å². The number of carboxylic acid groups (broad SMARTS) is 1. The molecule has 0 saturated carbocycles. The lowest BCUT2D eigenvalue weighted by Gasteiger charge is -1.61. The van der Waals surface area contributed by atoms with Crippen LogP contribution in [0.3, 0.4) is 0 Å². The molecule has 0 unspecified atom stereocenters. The molecule has 10 heavy (non-hydrogen) atoms. The van der Waals surface area contributed by atoms with Crippen LogP contribution in [-0.2, 0) is 9.59 Å². The lowest BCUT2D eigenvalue weighted by Crippen LogP contribution is -1.88. The van der Waals surface area contributed by atoms with Gasteiger partial charge in [0.25, 0.3) is 5.97 Å². The number of nitro groups is 1. The monoisotopic (exact) mass is 165 g/mol. The van der Waals surface area contributed by atoms with E-state index in [9.17, 15) is 0 Å². The Morgan fingerprint density at radius 3 is 1.80 bits per heavy atom. The van der Waals surface area contributed by atoms with Crippen LogP contribution in [0.25, 0.3) is 0 Å². The van der Waals surface area contributed by atoms with Gasteiger partial charge in [-0.1, -0.05) is 0 Å². The molecule has 0 fully saturated rings. The number of carboxylic acids is 1. The van der Waals surface area contributed by atoms with Gasteiger partial charge in [-0.2, -0.15) is 0 Å². The van der Waals surface area contributed by atoms with E-state index in [0.29, 0.717) is 0 Å². The van der Waals surface area contributed by atoms with E-state index in [-0.39, 0.29) is 23.8 Å². The van der Waals surface area contributed by atoms with E-state index in [2.05, 4.69) is 0 Å². The highest BCUT2D eigenvalue weighted by atomic mass is 27.0. The molecule has 0 atom stereocenters. The number of carbonyl (C=O) groups is 2. The van der Waals surface area contributed by atoms with Crippen LogP contribution in [-0.4, -0.2) is 39.8 Å². The van der Waals surface area contributed by atoms with Gasteiger partial charge in [-0.25, -0.2) is 4.79 Å². The van der Waals surface area contributed by atoms with Crippen molar-refractivity contribution in [1.29, 1.82) is 0 Å². The van der Waals surface area contributed by atoms with Crippen LogP contribution in [0, 0.1) is 10.1 Å². The van der Waals surface area contributed by atoms with Gasteiger partial charge >= 0.3 is 6.41 Å². The quantitative estimate of drug-likeness (QED) is 0.217. The summed E-state index contributed by atoms with van der Waals surface area (Å²) in [5.41, 5.74) is 0. The molecule has 6 nitrogen and oxygen atoms in total. The first kappa shape index (κ1) is 16.0. The van der Waals surface area contributed by atoms with Crippen LogP contribution < -0.4 is 0 Å². The van der Waals surface area contributed by atoms with Crippen molar-refractivity contribution < 1.29 is 19.6 Å². The second-order valence-corrected chi connectivity index (χ2v) is 0.910. The first-order valence-corrected chi connectivity index (χ1v) is 1.79. The van der Waals surface area contributed by atoms with Gasteiger partial charge in [-0.15, -0.1) is 0 Å². The topological polar surface area (TPSA) is 97.5 Å². The maximum atomic E-state index is 9.00. The summed E-state index contributed by atoms with van der Waals surface area (Å²) in [6.45, 7) is 1.08. The molecule has 0 aliphatic carbocycles. The van der Waals surface area contributed by atoms with Crippen LogP contribution >= 0.6 is 0 Å². The molecule has 7 heteroatoms. The Labute approximate surface area is 67.1 Å². The molecule has 0 aromatic heterocycles. The van der Waals surface area contributed by atoms with Gasteiger partial charge in [-0.05, 0) is 0 Å². The highest BCUT2D eigenvalue weighted by molar-refractivity contribution is 5.75. The number of nitrogens with zero attached hydrogens (tertiary/aromatic N) is 1. The van der Waals surface area contributed by atoms with Crippen LogP contribution in [0.15, 0.2) is 0 Å². The number of carbonyl (C=O) groups excluding carboxylic acids is 1. The maximum Gasteiger partial charge on any atom is 0.433 e. The minimum atomic E-state index is -1.06. The molecule has 0 saturated heterocycles. The third-order valence-corrected chi connectivity index (χ3v) is 0.0861. The molecule has 0 aliphatic rings. The van der Waals surface area contributed by atoms with Crippen molar-refractivity contribution in [1.82, 2.24) is 0 Å². The SMILES string of the molecule is CC(=O)O.O=C[N+](=O)[O-].[AlH3]. The van der Waals surface area contributed by atoms with E-state index in [0.717, 1.165) is 6.92 Å². The summed E-state index contributed by atoms with van der Waals surface area (Å²) in [4.78, 5) is 25.6. The number of hydrogen-bond donors (Lipinski definition) is 1. The fourth-order valence-corrected chi connectivity index (χ4v) is 0. The minimum Gasteiger partial charge on any atom is -0.481 e. The summed E-state index contributed by atoms with van der Waals surface area (Å²) in [6.07, 6.45) is -0.361. The lowest BCUT2D eigenvalue weighted by atomic mass is 10.9. The second kappa shape index (κ2) is 11.0. The fourth-order valence-electron chi connectivity index (χ4n) is 0. The zero-order valence-corrected chi connectivity index (χ0v) is 4.60. The summed E-state index contributed by atoms with van der Waals surface area (Å²) in [6, 6.07) is 0. The molecule has 58 valence electrons. The maximum absolute atomic E-state index is 9.00. The molecule has 0 heterocycles. The van der Waals surface area contributed by atoms with E-state index in [1.165, 1.54) is 0 Å². The molecular weight excluding hydrogens is 157 g/mol. The smallest absolute Gasteiger partial charge is 0.433 e. The Balaban J connectivity index is -0.0000000910. The summed E-state index contributed by atoms with van der Waals surface area (Å²) in [5.74, 6) is -0.833. The highest BCUT2D eigenvalue weighted by Crippen LogP contribution is 1.44. The van der Waals surface area contributed by atoms with Crippen LogP contribution in [0.1, 0.15) is 6.92 Å². The van der Waals surface area contributed by atoms with E-state index >= 15 is 0 Å². The number of hydrogen-bond acceptors (Lipinski definition) is 4. The van der Waals surface area contributed by atoms with Gasteiger partial charge in [0.1, 0.15) is 0 Å². The Morgan fingerprint density at radius 1 is 1.70 bits per heavy atom. The molecule has 1 amide bonds. The first-order valence-electron chi connectivity index (χ1n) is 1.79. The van der Waals surface area contributed by atoms with Gasteiger partial charge in [0, 0.05) is 6.92 Å². The largest absolute Gasteiger partial charge is 0.481 e. The average molecular weight is 165 g/mol. The zero-order valence-electron chi connectivity index (χ0n) is 4.60. The predicted molar refractivity (Wildman–Crippen MR) is 36.3 cm³/mol. The van der Waals surface area contributed by atoms with Crippen LogP contribution in [0.2, 0.25) is 0 Å². The van der Waals surface area contributed by atoms with E-state index < -0.39 is 10.9 Å². The summed E-state index contributed by atoms with van der Waals surface area (Å²) < 4.78 is 0. The molecule has 0 aromatic rings. The molecule has 0 aliphatic heterocycles. The normalized spacial score (nSPS) is 5.70. The van der Waals surface area contributed by atoms with Crippen molar-refractivity contribution in [2.75, 3.05) is 0 Å². The Bertz CT molecular complexity index is 120. The number of amides is 1. The average Bonchev–Trinajstić information content (AvgIpc) is 1.65. The van der Waals surface area contributed by atoms with Gasteiger partial charge in [0.05, 0.1) is 4.92 Å². The van der Waals surface area contributed by atoms with Crippen LogP contribution in [0.5, 0.6) is 0 Å². The van der Waals surface area contributed by atoms with Crippen LogP contribution in [0.4, 0.5) is 0 Å². The molecule has 1 N–H and O–H groups in total. The lowest BCUT2D eigenvalue weighted by molar-refractivity contribution is -0.383. The molecular formula is C3H8AlNO5. The molecule has 0 bridgehead atoms. The standard InChI is InChI=1S/C2H4O2.CHNO3.Al.3H/c1-2(3)4;3-1-2(4)5;;;;/h1H3,(H,3,4);1H;;;;. The van der Waals surface area contributed by atoms with Crippen molar-refractivity contribution >= 4 is 29.7 Å². The number of aliphatic carboxylic acids is 1. The van der Waals surface area contributed by atoms with Gasteiger partial charge < -0.3 is 5.11 Å². The van der Waals surface area contributed by atoms with Gasteiger partial charge in [-0.3, -0.25) is 14.9 Å². The van der Waals surface area contributed by atoms with Crippen molar-refractivity contribution in [3.8, 4) is 0 Å². The van der Waals surface area contributed by atoms with E-state index in [1.807, 2.05) is 0 Å². The highest BCUT2D eigenvalue weighted by Gasteiger charge is 1.77. The first-order chi connectivity index (χ1) is 4.00. The Morgan fingerprint density at radius 2 is 1.80 bits per heavy atom.